The molecule has 0 spiro atoms. The van der Waals surface area contributed by atoms with Crippen molar-refractivity contribution in [2.75, 3.05) is 6.61 Å². The predicted molar refractivity (Wildman–Crippen MR) is 34.6 cm³/mol. The van der Waals surface area contributed by atoms with Crippen molar-refractivity contribution in [3.8, 4) is 0 Å². The average molecular weight is 112 g/mol. The van der Waals surface area contributed by atoms with Crippen LogP contribution >= 0.6 is 0 Å². The minimum absolute atomic E-state index is 0.530. The van der Waals surface area contributed by atoms with Gasteiger partial charge in [0, 0.05) is 6.21 Å². The predicted octanol–water partition coefficient (Wildman–Crippen LogP) is 1.40. The van der Waals surface area contributed by atoms with Gasteiger partial charge in [0.05, 0.1) is 0 Å². The molecule has 0 aliphatic heterocycles. The van der Waals surface area contributed by atoms with Gasteiger partial charge in [-0.25, -0.2) is 0 Å². The molecule has 2 nitrogen and oxygen atoms in total. The quantitative estimate of drug-likeness (QED) is 0.234. The Hall–Kier alpha value is -0.790. The number of hydrogen-bond donors (Lipinski definition) is 0. The van der Waals surface area contributed by atoms with E-state index in [1.807, 2.05) is 19.1 Å². The Labute approximate surface area is 49.8 Å². The van der Waals surface area contributed by atoms with Crippen LogP contribution in [0.3, 0.4) is 0 Å². The molecule has 0 fully saturated rings. The van der Waals surface area contributed by atoms with E-state index in [4.69, 9.17) is 0 Å². The average Bonchev–Trinajstić information content (AvgIpc) is 1.81. The maximum atomic E-state index is 4.64. The molecule has 0 aliphatic carbocycles. The largest absolute Gasteiger partial charge is 0.392 e. The molecule has 0 saturated heterocycles. The Morgan fingerprint density at radius 3 is 3.00 bits per heavy atom. The molecule has 0 heterocycles. The molecule has 45 valence electrons. The Morgan fingerprint density at radius 1 is 1.75 bits per heavy atom. The van der Waals surface area contributed by atoms with Crippen LogP contribution < -0.4 is 0 Å². The zero-order chi connectivity index (χ0) is 6.24. The molecule has 0 saturated carbocycles. The molecule has 0 N–H and O–H groups in total. The normalized spacial score (nSPS) is 11.2. The Balaban J connectivity index is 2.93. The van der Waals surface area contributed by atoms with Crippen molar-refractivity contribution >= 4 is 6.21 Å². The molecule has 0 aliphatic rings. The van der Waals surface area contributed by atoms with Crippen LogP contribution in [0.25, 0.3) is 0 Å². The molecule has 0 unspecified atom stereocenters. The number of oxime groups is 1. The van der Waals surface area contributed by atoms with Crippen LogP contribution in [0.15, 0.2) is 17.3 Å². The molecule has 0 aromatic rings. The maximum Gasteiger partial charge on any atom is 0.135 e. The lowest BCUT2D eigenvalue weighted by Gasteiger charge is -1.87. The van der Waals surface area contributed by atoms with Gasteiger partial charge in [0.15, 0.2) is 0 Å². The summed E-state index contributed by atoms with van der Waals surface area (Å²) < 4.78 is 0. The molecule has 0 aromatic carbocycles. The van der Waals surface area contributed by atoms with Gasteiger partial charge in [0.2, 0.25) is 0 Å². The molecule has 0 rings (SSSR count). The molecular weight excluding hydrogens is 102 g/mol. The van der Waals surface area contributed by atoms with Gasteiger partial charge in [-0.15, -0.1) is 0 Å². The molecule has 8 heavy (non-hydrogen) atoms. The third-order valence-corrected chi connectivity index (χ3v) is 0.556. The fourth-order valence-electron chi connectivity index (χ4n) is 0.235. The van der Waals surface area contributed by atoms with Crippen molar-refractivity contribution in [2.45, 2.75) is 6.92 Å². The monoisotopic (exact) mass is 112 g/mol. The first kappa shape index (κ1) is 7.21. The van der Waals surface area contributed by atoms with Crippen LogP contribution in [0.5, 0.6) is 0 Å². The van der Waals surface area contributed by atoms with Gasteiger partial charge < -0.3 is 4.84 Å². The minimum atomic E-state index is 0.530. The van der Waals surface area contributed by atoms with Gasteiger partial charge >= 0.3 is 0 Å². The van der Waals surface area contributed by atoms with Gasteiger partial charge in [0.25, 0.3) is 0 Å². The third kappa shape index (κ3) is 5.21. The lowest BCUT2D eigenvalue weighted by Crippen LogP contribution is -1.79. The second-order valence-electron chi connectivity index (χ2n) is 1.15. The van der Waals surface area contributed by atoms with E-state index >= 15 is 0 Å². The summed E-state index contributed by atoms with van der Waals surface area (Å²) in [5, 5.41) is 3.42. The summed E-state index contributed by atoms with van der Waals surface area (Å²) in [7, 11) is 0. The van der Waals surface area contributed by atoms with Crippen molar-refractivity contribution in [1.29, 1.82) is 0 Å². The summed E-state index contributed by atoms with van der Waals surface area (Å²) in [6, 6.07) is 0. The first-order valence-corrected chi connectivity index (χ1v) is 2.46. The number of nitrogens with zero attached hydrogens (tertiary/aromatic N) is 1. The Bertz CT molecular complexity index is 74.5. The second kappa shape index (κ2) is 6.21. The van der Waals surface area contributed by atoms with Crippen molar-refractivity contribution in [2.24, 2.45) is 5.16 Å². The van der Waals surface area contributed by atoms with Gasteiger partial charge in [0.1, 0.15) is 6.61 Å². The second-order valence-corrected chi connectivity index (χ2v) is 1.15. The zero-order valence-corrected chi connectivity index (χ0v) is 5.00. The number of hydrogen-bond acceptors (Lipinski definition) is 2. The smallest absolute Gasteiger partial charge is 0.135 e. The van der Waals surface area contributed by atoms with E-state index in [2.05, 4.69) is 16.9 Å². The first-order chi connectivity index (χ1) is 3.91. The highest BCUT2D eigenvalue weighted by molar-refractivity contribution is 5.60. The molecule has 2 heteroatoms. The maximum absolute atomic E-state index is 4.64. The molecular formula is C6H10NO. The molecule has 0 amide bonds. The lowest BCUT2D eigenvalue weighted by molar-refractivity contribution is 0.176. The molecule has 0 bridgehead atoms. The Kier molecular flexibility index (Phi) is 5.60. The fourth-order valence-corrected chi connectivity index (χ4v) is 0.235. The lowest BCUT2D eigenvalue weighted by atomic mass is 10.6. The first-order valence-electron chi connectivity index (χ1n) is 2.46. The SMILES string of the molecule is [CH2]C=NOCC=CC. The fraction of sp³-hybridized carbons (Fsp3) is 0.333. The van der Waals surface area contributed by atoms with Crippen LogP contribution in [0.2, 0.25) is 0 Å². The van der Waals surface area contributed by atoms with Crippen LogP contribution in [0.1, 0.15) is 6.92 Å². The van der Waals surface area contributed by atoms with Crippen LogP contribution in [0.4, 0.5) is 0 Å². The molecule has 0 aromatic heterocycles. The van der Waals surface area contributed by atoms with Crippen molar-refractivity contribution in [3.05, 3.63) is 19.1 Å². The third-order valence-electron chi connectivity index (χ3n) is 0.556. The summed E-state index contributed by atoms with van der Waals surface area (Å²) >= 11 is 0. The highest BCUT2D eigenvalue weighted by Crippen LogP contribution is 1.75. The highest BCUT2D eigenvalue weighted by Gasteiger charge is 1.68. The van der Waals surface area contributed by atoms with E-state index in [9.17, 15) is 0 Å². The Morgan fingerprint density at radius 2 is 2.50 bits per heavy atom. The van der Waals surface area contributed by atoms with Gasteiger partial charge in [-0.1, -0.05) is 11.2 Å². The van der Waals surface area contributed by atoms with Crippen molar-refractivity contribution < 1.29 is 4.84 Å². The van der Waals surface area contributed by atoms with Crippen LogP contribution in [-0.4, -0.2) is 12.8 Å². The summed E-state index contributed by atoms with van der Waals surface area (Å²) in [6.07, 6.45) is 5.13. The minimum Gasteiger partial charge on any atom is -0.392 e. The summed E-state index contributed by atoms with van der Waals surface area (Å²) in [5.41, 5.74) is 0. The standard InChI is InChI=1S/C6H10NO/c1-3-5-6-8-7-4-2/h3-5H,2,6H2,1H3. The molecule has 1 radical (unpaired) electrons. The van der Waals surface area contributed by atoms with Gasteiger partial charge in [-0.05, 0) is 19.9 Å². The van der Waals surface area contributed by atoms with E-state index in [1.165, 1.54) is 6.21 Å². The number of rotatable bonds is 3. The topological polar surface area (TPSA) is 21.6 Å². The highest BCUT2D eigenvalue weighted by atomic mass is 16.6. The van der Waals surface area contributed by atoms with E-state index in [0.29, 0.717) is 6.61 Å². The summed E-state index contributed by atoms with van der Waals surface area (Å²) in [5.74, 6) is 0. The van der Waals surface area contributed by atoms with Crippen molar-refractivity contribution in [1.82, 2.24) is 0 Å². The van der Waals surface area contributed by atoms with Crippen molar-refractivity contribution in [3.63, 3.8) is 0 Å². The number of allylic oxidation sites excluding steroid dienone is 1. The van der Waals surface area contributed by atoms with Gasteiger partial charge in [-0.2, -0.15) is 0 Å². The van der Waals surface area contributed by atoms with Crippen LogP contribution in [-0.2, 0) is 4.84 Å². The van der Waals surface area contributed by atoms with E-state index in [0.717, 1.165) is 0 Å². The zero-order valence-electron chi connectivity index (χ0n) is 5.00. The van der Waals surface area contributed by atoms with Crippen LogP contribution in [0, 0.1) is 6.92 Å². The molecule has 0 atom stereocenters. The van der Waals surface area contributed by atoms with Gasteiger partial charge in [-0.3, -0.25) is 0 Å². The van der Waals surface area contributed by atoms with E-state index in [1.54, 1.807) is 0 Å². The van der Waals surface area contributed by atoms with E-state index in [-0.39, 0.29) is 0 Å². The van der Waals surface area contributed by atoms with E-state index < -0.39 is 0 Å². The summed E-state index contributed by atoms with van der Waals surface area (Å²) in [4.78, 5) is 4.64. The summed E-state index contributed by atoms with van der Waals surface area (Å²) in [6.45, 7) is 5.80.